The van der Waals surface area contributed by atoms with Crippen LogP contribution >= 0.6 is 11.6 Å². The Balaban J connectivity index is 1.99. The van der Waals surface area contributed by atoms with Crippen LogP contribution in [0.3, 0.4) is 0 Å². The molecule has 1 aromatic rings. The van der Waals surface area contributed by atoms with Gasteiger partial charge in [0.15, 0.2) is 0 Å². The molecule has 0 radical (unpaired) electrons. The van der Waals surface area contributed by atoms with Crippen LogP contribution in [0.1, 0.15) is 50.2 Å². The number of halogens is 1. The van der Waals surface area contributed by atoms with Gasteiger partial charge in [-0.2, -0.15) is 0 Å². The molecule has 0 aromatic heterocycles. The first kappa shape index (κ1) is 15.7. The Bertz CT molecular complexity index is 431. The first-order chi connectivity index (χ1) is 9.56. The fourth-order valence-electron chi connectivity index (χ4n) is 2.81. The van der Waals surface area contributed by atoms with Gasteiger partial charge in [0.1, 0.15) is 11.4 Å². The fourth-order valence-corrected chi connectivity index (χ4v) is 2.92. The fraction of sp³-hybridized carbons (Fsp3) is 0.647. The molecule has 1 saturated carbocycles. The van der Waals surface area contributed by atoms with Gasteiger partial charge in [0, 0.05) is 5.02 Å². The van der Waals surface area contributed by atoms with E-state index >= 15 is 0 Å². The zero-order valence-electron chi connectivity index (χ0n) is 12.9. The van der Waals surface area contributed by atoms with E-state index in [9.17, 15) is 0 Å². The third kappa shape index (κ3) is 3.67. The molecule has 112 valence electrons. The third-order valence-electron chi connectivity index (χ3n) is 4.19. The lowest BCUT2D eigenvalue weighted by Gasteiger charge is -2.42. The van der Waals surface area contributed by atoms with E-state index in [1.165, 1.54) is 25.7 Å². The van der Waals surface area contributed by atoms with Crippen molar-refractivity contribution in [3.05, 3.63) is 28.3 Å². The quantitative estimate of drug-likeness (QED) is 0.739. The van der Waals surface area contributed by atoms with Crippen molar-refractivity contribution < 1.29 is 4.74 Å². The van der Waals surface area contributed by atoms with Crippen molar-refractivity contribution in [2.75, 3.05) is 13.1 Å². The van der Waals surface area contributed by atoms with E-state index in [0.717, 1.165) is 41.4 Å². The SMILES string of the molecule is CCCNCCC1(Oc2cc(C)c(Cl)c(C)c2)CCC1. The van der Waals surface area contributed by atoms with Gasteiger partial charge in [-0.15, -0.1) is 0 Å². The molecular formula is C17H26ClNO. The minimum atomic E-state index is 0.0491. The highest BCUT2D eigenvalue weighted by atomic mass is 35.5. The van der Waals surface area contributed by atoms with E-state index in [-0.39, 0.29) is 5.60 Å². The Morgan fingerprint density at radius 2 is 1.85 bits per heavy atom. The van der Waals surface area contributed by atoms with Crippen molar-refractivity contribution in [2.45, 2.75) is 58.5 Å². The standard InChI is InChI=1S/C17H26ClNO/c1-4-9-19-10-8-17(6-5-7-17)20-15-11-13(2)16(18)14(3)12-15/h11-12,19H,4-10H2,1-3H3. The van der Waals surface area contributed by atoms with Crippen molar-refractivity contribution in [1.82, 2.24) is 5.32 Å². The molecule has 1 aromatic carbocycles. The van der Waals surface area contributed by atoms with Crippen LogP contribution in [0, 0.1) is 13.8 Å². The molecule has 0 saturated heterocycles. The molecule has 3 heteroatoms. The Hall–Kier alpha value is -0.730. The second-order valence-electron chi connectivity index (χ2n) is 6.01. The lowest BCUT2D eigenvalue weighted by Crippen LogP contribution is -2.45. The molecule has 1 aliphatic rings. The van der Waals surface area contributed by atoms with Gasteiger partial charge in [-0.1, -0.05) is 18.5 Å². The summed E-state index contributed by atoms with van der Waals surface area (Å²) < 4.78 is 6.34. The number of hydrogen-bond acceptors (Lipinski definition) is 2. The number of ether oxygens (including phenoxy) is 1. The molecule has 2 nitrogen and oxygen atoms in total. The van der Waals surface area contributed by atoms with Crippen LogP contribution in [0.2, 0.25) is 5.02 Å². The first-order valence-corrected chi connectivity index (χ1v) is 8.10. The van der Waals surface area contributed by atoms with Crippen molar-refractivity contribution in [2.24, 2.45) is 0 Å². The van der Waals surface area contributed by atoms with E-state index in [1.807, 2.05) is 13.8 Å². The highest BCUT2D eigenvalue weighted by Crippen LogP contribution is 2.40. The van der Waals surface area contributed by atoms with Gasteiger partial charge < -0.3 is 10.1 Å². The monoisotopic (exact) mass is 295 g/mol. The molecule has 0 amide bonds. The lowest BCUT2D eigenvalue weighted by atomic mass is 9.77. The summed E-state index contributed by atoms with van der Waals surface area (Å²) in [5.41, 5.74) is 2.24. The molecule has 20 heavy (non-hydrogen) atoms. The lowest BCUT2D eigenvalue weighted by molar-refractivity contribution is -0.0142. The van der Waals surface area contributed by atoms with Crippen LogP contribution in [0.15, 0.2) is 12.1 Å². The van der Waals surface area contributed by atoms with E-state index in [2.05, 4.69) is 24.4 Å². The van der Waals surface area contributed by atoms with Crippen molar-refractivity contribution in [1.29, 1.82) is 0 Å². The molecule has 1 fully saturated rings. The predicted octanol–water partition coefficient (Wildman–Crippen LogP) is 4.65. The summed E-state index contributed by atoms with van der Waals surface area (Å²) in [6, 6.07) is 4.13. The highest BCUT2D eigenvalue weighted by molar-refractivity contribution is 6.32. The summed E-state index contributed by atoms with van der Waals surface area (Å²) in [5, 5.41) is 4.33. The highest BCUT2D eigenvalue weighted by Gasteiger charge is 2.38. The molecule has 0 heterocycles. The Labute approximate surface area is 127 Å². The Morgan fingerprint density at radius 3 is 2.35 bits per heavy atom. The summed E-state index contributed by atoms with van der Waals surface area (Å²) >= 11 is 6.22. The van der Waals surface area contributed by atoms with Crippen LogP contribution in [0.25, 0.3) is 0 Å². The number of rotatable bonds is 7. The molecule has 1 aliphatic carbocycles. The maximum Gasteiger partial charge on any atom is 0.120 e. The van der Waals surface area contributed by atoms with Gasteiger partial charge >= 0.3 is 0 Å². The second kappa shape index (κ2) is 6.82. The zero-order valence-corrected chi connectivity index (χ0v) is 13.6. The normalized spacial score (nSPS) is 16.8. The predicted molar refractivity (Wildman–Crippen MR) is 85.9 cm³/mol. The van der Waals surface area contributed by atoms with Gasteiger partial charge in [-0.25, -0.2) is 0 Å². The van der Waals surface area contributed by atoms with Crippen molar-refractivity contribution >= 4 is 11.6 Å². The molecule has 2 rings (SSSR count). The van der Waals surface area contributed by atoms with E-state index in [4.69, 9.17) is 16.3 Å². The molecule has 0 atom stereocenters. The maximum atomic E-state index is 6.34. The smallest absolute Gasteiger partial charge is 0.120 e. The summed E-state index contributed by atoms with van der Waals surface area (Å²) in [7, 11) is 0. The summed E-state index contributed by atoms with van der Waals surface area (Å²) in [6.07, 6.45) is 5.89. The molecule has 1 N–H and O–H groups in total. The largest absolute Gasteiger partial charge is 0.487 e. The van der Waals surface area contributed by atoms with Gasteiger partial charge in [-0.05, 0) is 82.3 Å². The average molecular weight is 296 g/mol. The van der Waals surface area contributed by atoms with E-state index in [1.54, 1.807) is 0 Å². The summed E-state index contributed by atoms with van der Waals surface area (Å²) in [6.45, 7) is 8.41. The number of aryl methyl sites for hydroxylation is 2. The number of hydrogen-bond donors (Lipinski definition) is 1. The minimum Gasteiger partial charge on any atom is -0.487 e. The zero-order chi connectivity index (χ0) is 14.6. The topological polar surface area (TPSA) is 21.3 Å². The van der Waals surface area contributed by atoms with E-state index < -0.39 is 0 Å². The van der Waals surface area contributed by atoms with Crippen LogP contribution in [0.5, 0.6) is 5.75 Å². The van der Waals surface area contributed by atoms with Crippen LogP contribution in [-0.4, -0.2) is 18.7 Å². The van der Waals surface area contributed by atoms with Crippen LogP contribution < -0.4 is 10.1 Å². The maximum absolute atomic E-state index is 6.34. The van der Waals surface area contributed by atoms with Gasteiger partial charge in [0.25, 0.3) is 0 Å². The van der Waals surface area contributed by atoms with Crippen molar-refractivity contribution in [3.63, 3.8) is 0 Å². The Morgan fingerprint density at radius 1 is 1.20 bits per heavy atom. The first-order valence-electron chi connectivity index (χ1n) is 7.73. The summed E-state index contributed by atoms with van der Waals surface area (Å²) in [5.74, 6) is 0.972. The molecule has 0 unspecified atom stereocenters. The average Bonchev–Trinajstić information content (AvgIpc) is 2.37. The van der Waals surface area contributed by atoms with Crippen molar-refractivity contribution in [3.8, 4) is 5.75 Å². The molecular weight excluding hydrogens is 270 g/mol. The van der Waals surface area contributed by atoms with Crippen LogP contribution in [-0.2, 0) is 0 Å². The van der Waals surface area contributed by atoms with E-state index in [0.29, 0.717) is 0 Å². The van der Waals surface area contributed by atoms with Crippen LogP contribution in [0.4, 0.5) is 0 Å². The van der Waals surface area contributed by atoms with Gasteiger partial charge in [0.2, 0.25) is 0 Å². The Kier molecular flexibility index (Phi) is 5.34. The van der Waals surface area contributed by atoms with Gasteiger partial charge in [0.05, 0.1) is 0 Å². The number of benzene rings is 1. The number of nitrogens with one attached hydrogen (secondary N) is 1. The molecule has 0 spiro atoms. The summed E-state index contributed by atoms with van der Waals surface area (Å²) in [4.78, 5) is 0. The molecule has 0 bridgehead atoms. The second-order valence-corrected chi connectivity index (χ2v) is 6.39. The van der Waals surface area contributed by atoms with Gasteiger partial charge in [-0.3, -0.25) is 0 Å². The third-order valence-corrected chi connectivity index (χ3v) is 4.79. The minimum absolute atomic E-state index is 0.0491. The molecule has 0 aliphatic heterocycles.